The van der Waals surface area contributed by atoms with Crippen LogP contribution in [0, 0.1) is 0 Å². The molecule has 0 spiro atoms. The Hall–Kier alpha value is -0.990. The van der Waals surface area contributed by atoms with Gasteiger partial charge in [0.1, 0.15) is 0 Å². The predicted octanol–water partition coefficient (Wildman–Crippen LogP) is 1.05. The Kier molecular flexibility index (Phi) is 2.31. The summed E-state index contributed by atoms with van der Waals surface area (Å²) in [4.78, 5) is 10.8. The highest BCUT2D eigenvalue weighted by atomic mass is 16.1. The number of nitrogens with one attached hydrogen (secondary N) is 2. The number of hydrogen-bond donors (Lipinski definition) is 2. The third-order valence-corrected chi connectivity index (χ3v) is 1.52. The zero-order valence-electron chi connectivity index (χ0n) is 6.11. The second-order valence-corrected chi connectivity index (χ2v) is 2.37. The SMILES string of the molecule is CCCCc1c[nH][nH]c1=O. The van der Waals surface area contributed by atoms with Crippen molar-refractivity contribution in [2.45, 2.75) is 26.2 Å². The molecule has 3 heteroatoms. The van der Waals surface area contributed by atoms with Gasteiger partial charge in [-0.3, -0.25) is 9.89 Å². The molecule has 0 aliphatic heterocycles. The van der Waals surface area contributed by atoms with E-state index in [2.05, 4.69) is 17.1 Å². The first-order chi connectivity index (χ1) is 4.84. The van der Waals surface area contributed by atoms with Crippen molar-refractivity contribution in [2.24, 2.45) is 0 Å². The molecule has 0 unspecified atom stereocenters. The smallest absolute Gasteiger partial charge is 0.267 e. The van der Waals surface area contributed by atoms with E-state index >= 15 is 0 Å². The summed E-state index contributed by atoms with van der Waals surface area (Å²) in [7, 11) is 0. The number of H-pyrrole nitrogens is 2. The van der Waals surface area contributed by atoms with Gasteiger partial charge in [0, 0.05) is 11.8 Å². The van der Waals surface area contributed by atoms with Gasteiger partial charge < -0.3 is 5.10 Å². The largest absolute Gasteiger partial charge is 0.305 e. The second-order valence-electron chi connectivity index (χ2n) is 2.37. The molecule has 0 aliphatic rings. The van der Waals surface area contributed by atoms with Crippen LogP contribution >= 0.6 is 0 Å². The van der Waals surface area contributed by atoms with Crippen LogP contribution in [0.2, 0.25) is 0 Å². The van der Waals surface area contributed by atoms with E-state index in [4.69, 9.17) is 0 Å². The normalized spacial score (nSPS) is 10.1. The van der Waals surface area contributed by atoms with Crippen molar-refractivity contribution < 1.29 is 0 Å². The van der Waals surface area contributed by atoms with Gasteiger partial charge >= 0.3 is 0 Å². The summed E-state index contributed by atoms with van der Waals surface area (Å²) < 4.78 is 0. The fourth-order valence-corrected chi connectivity index (χ4v) is 0.887. The molecule has 0 fully saturated rings. The van der Waals surface area contributed by atoms with E-state index in [9.17, 15) is 4.79 Å². The summed E-state index contributed by atoms with van der Waals surface area (Å²) in [6.07, 6.45) is 4.83. The minimum absolute atomic E-state index is 0.0217. The maximum Gasteiger partial charge on any atom is 0.267 e. The quantitative estimate of drug-likeness (QED) is 0.647. The Morgan fingerprint density at radius 1 is 1.60 bits per heavy atom. The molecular weight excluding hydrogens is 128 g/mol. The number of aromatic amines is 2. The predicted molar refractivity (Wildman–Crippen MR) is 40.0 cm³/mol. The van der Waals surface area contributed by atoms with Crippen molar-refractivity contribution in [3.63, 3.8) is 0 Å². The van der Waals surface area contributed by atoms with E-state index < -0.39 is 0 Å². The first-order valence-electron chi connectivity index (χ1n) is 3.59. The third-order valence-electron chi connectivity index (χ3n) is 1.52. The maximum absolute atomic E-state index is 10.8. The first kappa shape index (κ1) is 7.12. The van der Waals surface area contributed by atoms with Crippen LogP contribution in [0.4, 0.5) is 0 Å². The Balaban J connectivity index is 2.57. The van der Waals surface area contributed by atoms with Gasteiger partial charge in [0.2, 0.25) is 0 Å². The van der Waals surface area contributed by atoms with Crippen LogP contribution in [0.5, 0.6) is 0 Å². The van der Waals surface area contributed by atoms with Crippen molar-refractivity contribution in [1.82, 2.24) is 10.2 Å². The standard InChI is InChI=1S/C7H12N2O/c1-2-3-4-6-5-8-9-7(6)10/h5H,2-4H2,1H3,(H2,8,9,10). The van der Waals surface area contributed by atoms with Crippen molar-refractivity contribution >= 4 is 0 Å². The molecule has 0 aromatic carbocycles. The van der Waals surface area contributed by atoms with Gasteiger partial charge in [0.05, 0.1) is 0 Å². The molecule has 0 bridgehead atoms. The number of aryl methyl sites for hydroxylation is 1. The number of unbranched alkanes of at least 4 members (excludes halogenated alkanes) is 1. The third kappa shape index (κ3) is 1.50. The van der Waals surface area contributed by atoms with E-state index in [-0.39, 0.29) is 5.56 Å². The van der Waals surface area contributed by atoms with E-state index in [0.29, 0.717) is 0 Å². The van der Waals surface area contributed by atoms with Gasteiger partial charge in [0.15, 0.2) is 0 Å². The maximum atomic E-state index is 10.8. The van der Waals surface area contributed by atoms with Gasteiger partial charge in [-0.05, 0) is 12.8 Å². The highest BCUT2D eigenvalue weighted by molar-refractivity contribution is 5.02. The summed E-state index contributed by atoms with van der Waals surface area (Å²) in [6, 6.07) is 0. The second kappa shape index (κ2) is 3.25. The van der Waals surface area contributed by atoms with E-state index in [1.807, 2.05) is 0 Å². The summed E-state index contributed by atoms with van der Waals surface area (Å²) >= 11 is 0. The Morgan fingerprint density at radius 2 is 2.40 bits per heavy atom. The molecule has 10 heavy (non-hydrogen) atoms. The molecule has 0 saturated carbocycles. The molecular formula is C7H12N2O. The Morgan fingerprint density at radius 3 is 2.90 bits per heavy atom. The lowest BCUT2D eigenvalue weighted by atomic mass is 10.2. The summed E-state index contributed by atoms with van der Waals surface area (Å²) in [5.41, 5.74) is 0.885. The number of hydrogen-bond acceptors (Lipinski definition) is 1. The molecule has 56 valence electrons. The van der Waals surface area contributed by atoms with E-state index in [0.717, 1.165) is 24.8 Å². The van der Waals surface area contributed by atoms with Crippen molar-refractivity contribution in [1.29, 1.82) is 0 Å². The fourth-order valence-electron chi connectivity index (χ4n) is 0.887. The van der Waals surface area contributed by atoms with Gasteiger partial charge in [0.25, 0.3) is 5.56 Å². The average Bonchev–Trinajstić information content (AvgIpc) is 2.31. The molecule has 0 atom stereocenters. The molecule has 1 rings (SSSR count). The zero-order valence-corrected chi connectivity index (χ0v) is 6.11. The number of rotatable bonds is 3. The summed E-state index contributed by atoms with van der Waals surface area (Å²) in [5.74, 6) is 0. The van der Waals surface area contributed by atoms with Crippen LogP contribution in [-0.4, -0.2) is 10.2 Å². The molecule has 0 amide bonds. The number of aromatic nitrogens is 2. The van der Waals surface area contributed by atoms with E-state index in [1.54, 1.807) is 6.20 Å². The molecule has 0 radical (unpaired) electrons. The molecule has 1 heterocycles. The molecule has 0 saturated heterocycles. The lowest BCUT2D eigenvalue weighted by Gasteiger charge is -1.88. The van der Waals surface area contributed by atoms with Crippen LogP contribution in [-0.2, 0) is 6.42 Å². The van der Waals surface area contributed by atoms with Crippen molar-refractivity contribution in [3.8, 4) is 0 Å². The highest BCUT2D eigenvalue weighted by Gasteiger charge is 1.96. The minimum Gasteiger partial charge on any atom is -0.305 e. The fraction of sp³-hybridized carbons (Fsp3) is 0.571. The lowest BCUT2D eigenvalue weighted by Crippen LogP contribution is -2.04. The van der Waals surface area contributed by atoms with Crippen LogP contribution < -0.4 is 5.56 Å². The lowest BCUT2D eigenvalue weighted by molar-refractivity contribution is 0.791. The van der Waals surface area contributed by atoms with Gasteiger partial charge in [-0.15, -0.1) is 0 Å². The van der Waals surface area contributed by atoms with Crippen molar-refractivity contribution in [2.75, 3.05) is 0 Å². The van der Waals surface area contributed by atoms with Crippen molar-refractivity contribution in [3.05, 3.63) is 22.1 Å². The molecule has 2 N–H and O–H groups in total. The molecule has 0 aliphatic carbocycles. The minimum atomic E-state index is 0.0217. The Bertz CT molecular complexity index is 236. The van der Waals surface area contributed by atoms with Crippen LogP contribution in [0.1, 0.15) is 25.3 Å². The topological polar surface area (TPSA) is 48.6 Å². The van der Waals surface area contributed by atoms with E-state index in [1.165, 1.54) is 0 Å². The van der Waals surface area contributed by atoms with Crippen LogP contribution in [0.3, 0.4) is 0 Å². The monoisotopic (exact) mass is 140 g/mol. The van der Waals surface area contributed by atoms with Gasteiger partial charge in [-0.25, -0.2) is 0 Å². The zero-order chi connectivity index (χ0) is 7.40. The Labute approximate surface area is 59.4 Å². The molecule has 1 aromatic rings. The van der Waals surface area contributed by atoms with Gasteiger partial charge in [-0.1, -0.05) is 13.3 Å². The van der Waals surface area contributed by atoms with Crippen LogP contribution in [0.25, 0.3) is 0 Å². The summed E-state index contributed by atoms with van der Waals surface area (Å²) in [5, 5.41) is 5.17. The molecule has 1 aromatic heterocycles. The highest BCUT2D eigenvalue weighted by Crippen LogP contribution is 1.96. The van der Waals surface area contributed by atoms with Gasteiger partial charge in [-0.2, -0.15) is 0 Å². The molecule has 3 nitrogen and oxygen atoms in total. The first-order valence-corrected chi connectivity index (χ1v) is 3.59. The average molecular weight is 140 g/mol. The summed E-state index contributed by atoms with van der Waals surface area (Å²) in [6.45, 7) is 2.11. The van der Waals surface area contributed by atoms with Crippen LogP contribution in [0.15, 0.2) is 11.0 Å².